The van der Waals surface area contributed by atoms with Crippen LogP contribution in [0, 0.1) is 0 Å². The van der Waals surface area contributed by atoms with Crippen LogP contribution in [0.5, 0.6) is 23.0 Å². The molecule has 9 aromatic carbocycles. The van der Waals surface area contributed by atoms with Gasteiger partial charge in [0.05, 0.1) is 22.7 Å². The average Bonchev–Trinajstić information content (AvgIpc) is 3.83. The lowest BCUT2D eigenvalue weighted by Crippen LogP contribution is -2.15. The highest BCUT2D eigenvalue weighted by atomic mass is 32.1. The molecule has 56 heavy (non-hydrogen) atoms. The normalized spacial score (nSPS) is 13.2. The number of anilines is 6. The molecule has 0 aliphatic carbocycles. The minimum absolute atomic E-state index is 0.861. The van der Waals surface area contributed by atoms with E-state index in [0.29, 0.717) is 0 Å². The van der Waals surface area contributed by atoms with Crippen LogP contribution < -0.4 is 19.3 Å². The number of para-hydroxylation sites is 8. The second kappa shape index (κ2) is 11.3. The van der Waals surface area contributed by atoms with Gasteiger partial charge in [-0.05, 0) is 100 Å². The van der Waals surface area contributed by atoms with Gasteiger partial charge in [0.1, 0.15) is 0 Å². The van der Waals surface area contributed by atoms with Crippen LogP contribution >= 0.6 is 22.7 Å². The molecule has 0 bridgehead atoms. The number of fused-ring (bicyclic) bond motifs is 15. The van der Waals surface area contributed by atoms with E-state index >= 15 is 0 Å². The summed E-state index contributed by atoms with van der Waals surface area (Å²) in [6.07, 6.45) is 0. The monoisotopic (exact) mass is 752 g/mol. The van der Waals surface area contributed by atoms with Gasteiger partial charge in [-0.3, -0.25) is 0 Å². The fraction of sp³-hybridized carbons (Fsp3) is 0. The molecule has 0 atom stereocenters. The average molecular weight is 753 g/mol. The van der Waals surface area contributed by atoms with E-state index in [4.69, 9.17) is 9.47 Å². The van der Waals surface area contributed by atoms with Crippen molar-refractivity contribution >= 4 is 119 Å². The second-order valence-corrected chi connectivity index (χ2v) is 16.5. The Labute approximate surface area is 329 Å². The Morgan fingerprint density at radius 3 is 1.27 bits per heavy atom. The van der Waals surface area contributed by atoms with Gasteiger partial charge >= 0.3 is 0 Å². The number of hydrogen-bond donors (Lipinski definition) is 0. The first-order chi connectivity index (χ1) is 27.7. The van der Waals surface area contributed by atoms with Crippen LogP contribution in [0.1, 0.15) is 0 Å². The Bertz CT molecular complexity index is 3380. The van der Waals surface area contributed by atoms with Crippen molar-refractivity contribution in [2.24, 2.45) is 0 Å². The summed E-state index contributed by atoms with van der Waals surface area (Å²) < 4.78 is 17.9. The first kappa shape index (κ1) is 30.5. The molecule has 11 aromatic rings. The molecule has 0 saturated heterocycles. The molecular formula is C50H28N2O2S2. The van der Waals surface area contributed by atoms with Crippen molar-refractivity contribution in [3.8, 4) is 23.0 Å². The molecule has 13 rings (SSSR count). The van der Waals surface area contributed by atoms with Gasteiger partial charge in [0.2, 0.25) is 0 Å². The summed E-state index contributed by atoms with van der Waals surface area (Å²) in [5.74, 6) is 3.45. The quantitative estimate of drug-likeness (QED) is 0.176. The highest BCUT2D eigenvalue weighted by molar-refractivity contribution is 7.30. The summed E-state index contributed by atoms with van der Waals surface area (Å²) in [6, 6.07) is 60.8. The fourth-order valence-electron chi connectivity index (χ4n) is 8.88. The lowest BCUT2D eigenvalue weighted by atomic mass is 10.0. The van der Waals surface area contributed by atoms with Crippen LogP contribution in [0.15, 0.2) is 170 Å². The summed E-state index contributed by atoms with van der Waals surface area (Å²) >= 11 is 3.83. The van der Waals surface area contributed by atoms with Crippen LogP contribution in [0.25, 0.3) is 61.9 Å². The molecule has 2 aliphatic heterocycles. The Hall–Kier alpha value is -6.86. The van der Waals surface area contributed by atoms with E-state index in [9.17, 15) is 0 Å². The highest BCUT2D eigenvalue weighted by Gasteiger charge is 2.27. The summed E-state index contributed by atoms with van der Waals surface area (Å²) in [5.41, 5.74) is 6.40. The first-order valence-corrected chi connectivity index (χ1v) is 20.4. The Kier molecular flexibility index (Phi) is 6.17. The smallest absolute Gasteiger partial charge is 0.151 e. The van der Waals surface area contributed by atoms with E-state index in [1.807, 2.05) is 71.2 Å². The SMILES string of the molecule is c1ccc2c(c1)Oc1ccccc1N2c1ccc2c(ccc3c4ccc5sc6c7ccc(N8c9ccccc9Oc9ccccc98)cc7ccc6c5c4sc23)c1. The molecule has 0 spiro atoms. The maximum Gasteiger partial charge on any atom is 0.151 e. The van der Waals surface area contributed by atoms with E-state index < -0.39 is 0 Å². The van der Waals surface area contributed by atoms with Gasteiger partial charge in [-0.1, -0.05) is 91.0 Å². The third-order valence-corrected chi connectivity index (χ3v) is 13.9. The molecule has 0 radical (unpaired) electrons. The number of benzene rings is 9. The van der Waals surface area contributed by atoms with E-state index in [-0.39, 0.29) is 0 Å². The Morgan fingerprint density at radius 2 is 0.750 bits per heavy atom. The number of rotatable bonds is 2. The molecule has 4 nitrogen and oxygen atoms in total. The minimum Gasteiger partial charge on any atom is -0.453 e. The Balaban J connectivity index is 0.954. The summed E-state index contributed by atoms with van der Waals surface area (Å²) in [7, 11) is 0. The first-order valence-electron chi connectivity index (χ1n) is 18.7. The fourth-order valence-corrected chi connectivity index (χ4v) is 11.6. The number of nitrogens with zero attached hydrogens (tertiary/aromatic N) is 2. The zero-order valence-electron chi connectivity index (χ0n) is 29.7. The maximum absolute atomic E-state index is 6.30. The van der Waals surface area contributed by atoms with Gasteiger partial charge < -0.3 is 19.3 Å². The van der Waals surface area contributed by atoms with Gasteiger partial charge in [-0.25, -0.2) is 0 Å². The van der Waals surface area contributed by atoms with Gasteiger partial charge in [0.15, 0.2) is 23.0 Å². The van der Waals surface area contributed by atoms with E-state index in [1.54, 1.807) is 0 Å². The van der Waals surface area contributed by atoms with Crippen molar-refractivity contribution in [1.29, 1.82) is 0 Å². The molecule has 0 amide bonds. The largest absolute Gasteiger partial charge is 0.453 e. The number of ether oxygens (including phenoxy) is 2. The second-order valence-electron chi connectivity index (χ2n) is 14.5. The molecule has 0 unspecified atom stereocenters. The van der Waals surface area contributed by atoms with Crippen molar-refractivity contribution in [1.82, 2.24) is 0 Å². The van der Waals surface area contributed by atoms with Crippen LogP contribution in [0.3, 0.4) is 0 Å². The van der Waals surface area contributed by atoms with Crippen molar-refractivity contribution in [3.63, 3.8) is 0 Å². The molecule has 0 saturated carbocycles. The van der Waals surface area contributed by atoms with Crippen LogP contribution in [0.4, 0.5) is 34.1 Å². The zero-order chi connectivity index (χ0) is 36.5. The summed E-state index contributed by atoms with van der Waals surface area (Å²) in [6.45, 7) is 0. The van der Waals surface area contributed by atoms with Crippen LogP contribution in [-0.2, 0) is 0 Å². The standard InChI is InChI=1S/C50H28N2O2S2/c1-5-13-42-38(9-1)51(39-10-2-6-14-43(39)53-42)31-19-23-33-29(27-31)17-21-35-36-25-26-46-47(50(36)56-48(33)35)37-22-18-30-28-32(20-24-34(30)49(37)55-46)52-40-11-3-7-15-44(40)54-45-16-8-4-12-41(45)52/h1-28H. The predicted octanol–water partition coefficient (Wildman–Crippen LogP) is 15.9. The maximum atomic E-state index is 6.30. The molecule has 0 fully saturated rings. The lowest BCUT2D eigenvalue weighted by Gasteiger charge is -2.32. The molecule has 4 heterocycles. The van der Waals surface area contributed by atoms with Crippen LogP contribution in [-0.4, -0.2) is 0 Å². The molecule has 2 aliphatic rings. The molecular weight excluding hydrogens is 725 g/mol. The highest BCUT2D eigenvalue weighted by Crippen LogP contribution is 2.53. The van der Waals surface area contributed by atoms with Crippen LogP contribution in [0.2, 0.25) is 0 Å². The predicted molar refractivity (Wildman–Crippen MR) is 237 cm³/mol. The zero-order valence-corrected chi connectivity index (χ0v) is 31.3. The van der Waals surface area contributed by atoms with E-state index in [0.717, 1.165) is 57.1 Å². The van der Waals surface area contributed by atoms with Gasteiger partial charge in [0, 0.05) is 51.7 Å². The summed E-state index contributed by atoms with van der Waals surface area (Å²) in [5, 5.41) is 10.3. The third kappa shape index (κ3) is 4.22. The Morgan fingerprint density at radius 1 is 0.339 bits per heavy atom. The van der Waals surface area contributed by atoms with Gasteiger partial charge in [-0.15, -0.1) is 22.7 Å². The van der Waals surface area contributed by atoms with Crippen molar-refractivity contribution in [2.75, 3.05) is 9.80 Å². The van der Waals surface area contributed by atoms with E-state index in [1.165, 1.54) is 61.9 Å². The molecule has 2 aromatic heterocycles. The van der Waals surface area contributed by atoms with Crippen molar-refractivity contribution in [2.45, 2.75) is 0 Å². The van der Waals surface area contributed by atoms with Crippen molar-refractivity contribution < 1.29 is 9.47 Å². The van der Waals surface area contributed by atoms with E-state index in [2.05, 4.69) is 131 Å². The molecule has 6 heteroatoms. The number of thiophene rings is 2. The molecule has 0 N–H and O–H groups in total. The molecule has 262 valence electrons. The topological polar surface area (TPSA) is 24.9 Å². The number of hydrogen-bond acceptors (Lipinski definition) is 6. The minimum atomic E-state index is 0.861. The van der Waals surface area contributed by atoms with Crippen molar-refractivity contribution in [3.05, 3.63) is 170 Å². The summed E-state index contributed by atoms with van der Waals surface area (Å²) in [4.78, 5) is 4.63. The van der Waals surface area contributed by atoms with Gasteiger partial charge in [0.25, 0.3) is 0 Å². The lowest BCUT2D eigenvalue weighted by molar-refractivity contribution is 0.477. The van der Waals surface area contributed by atoms with Gasteiger partial charge in [-0.2, -0.15) is 0 Å². The third-order valence-electron chi connectivity index (χ3n) is 11.4.